The van der Waals surface area contributed by atoms with Gasteiger partial charge in [-0.05, 0) is 12.1 Å². The van der Waals surface area contributed by atoms with Crippen LogP contribution in [-0.4, -0.2) is 24.9 Å². The third-order valence-corrected chi connectivity index (χ3v) is 3.75. The molecule has 9 heteroatoms. The number of nitrogens with two attached hydrogens (primary N) is 2. The molecule has 26 heavy (non-hydrogen) atoms. The molecule has 3 heterocycles. The Bertz CT molecular complexity index is 1040. The van der Waals surface area contributed by atoms with E-state index in [1.165, 1.54) is 18.4 Å². The van der Waals surface area contributed by atoms with Gasteiger partial charge in [0.1, 0.15) is 35.1 Å². The number of hydrogen-bond donors (Lipinski definition) is 2. The Balaban J connectivity index is 1.82. The summed E-state index contributed by atoms with van der Waals surface area (Å²) in [5.74, 6) is 0.429. The minimum atomic E-state index is -0.319. The summed E-state index contributed by atoms with van der Waals surface area (Å²) in [6.07, 6.45) is 1.45. The molecule has 0 aliphatic heterocycles. The molecule has 4 aromatic rings. The third kappa shape index (κ3) is 2.97. The second-order valence-corrected chi connectivity index (χ2v) is 5.59. The summed E-state index contributed by atoms with van der Waals surface area (Å²) in [7, 11) is 0. The molecule has 4 N–H and O–H groups in total. The number of hydrogen-bond acceptors (Lipinski definition) is 7. The van der Waals surface area contributed by atoms with E-state index in [0.717, 1.165) is 0 Å². The smallest absolute Gasteiger partial charge is 0.184 e. The number of nitrogen functional groups attached to an aromatic ring is 2. The monoisotopic (exact) mass is 351 g/mol. The molecule has 0 aliphatic carbocycles. The van der Waals surface area contributed by atoms with E-state index in [1.54, 1.807) is 35.0 Å². The standard InChI is InChI=1S/C17H14FN7O/c18-11-4-2-1-3-10(11)9-25-14(12-5-6-26-24-12)7-13(23-25)17-21-15(19)8-16(20)22-17/h1-8H,9H2,(H4,19,20,21,22). The van der Waals surface area contributed by atoms with Crippen molar-refractivity contribution in [3.05, 3.63) is 60.1 Å². The van der Waals surface area contributed by atoms with Gasteiger partial charge in [0.05, 0.1) is 12.2 Å². The number of rotatable bonds is 4. The largest absolute Gasteiger partial charge is 0.384 e. The van der Waals surface area contributed by atoms with E-state index in [1.807, 2.05) is 0 Å². The first-order valence-corrected chi connectivity index (χ1v) is 7.72. The Kier molecular flexibility index (Phi) is 3.81. The van der Waals surface area contributed by atoms with Crippen molar-refractivity contribution in [2.24, 2.45) is 0 Å². The summed E-state index contributed by atoms with van der Waals surface area (Å²) in [5.41, 5.74) is 13.6. The molecule has 0 aliphatic rings. The second-order valence-electron chi connectivity index (χ2n) is 5.59. The molecular weight excluding hydrogens is 337 g/mol. The van der Waals surface area contributed by atoms with Gasteiger partial charge < -0.3 is 16.0 Å². The Morgan fingerprint density at radius 2 is 1.77 bits per heavy atom. The number of nitrogens with zero attached hydrogens (tertiary/aromatic N) is 5. The number of benzene rings is 1. The summed E-state index contributed by atoms with van der Waals surface area (Å²) in [5, 5.41) is 8.42. The maximum atomic E-state index is 14.1. The Labute approximate surface area is 147 Å². The topological polar surface area (TPSA) is 122 Å². The molecule has 4 rings (SSSR count). The molecule has 0 bridgehead atoms. The fourth-order valence-corrected chi connectivity index (χ4v) is 2.59. The van der Waals surface area contributed by atoms with E-state index in [2.05, 4.69) is 20.2 Å². The van der Waals surface area contributed by atoms with Crippen molar-refractivity contribution >= 4 is 11.6 Å². The van der Waals surface area contributed by atoms with Gasteiger partial charge in [-0.25, -0.2) is 14.4 Å². The molecule has 1 aromatic carbocycles. The van der Waals surface area contributed by atoms with Crippen molar-refractivity contribution in [2.75, 3.05) is 11.5 Å². The third-order valence-electron chi connectivity index (χ3n) is 3.75. The highest BCUT2D eigenvalue weighted by atomic mass is 19.1. The summed E-state index contributed by atoms with van der Waals surface area (Å²) >= 11 is 0. The van der Waals surface area contributed by atoms with Crippen LogP contribution < -0.4 is 11.5 Å². The van der Waals surface area contributed by atoms with Crippen LogP contribution in [0.5, 0.6) is 0 Å². The molecule has 8 nitrogen and oxygen atoms in total. The van der Waals surface area contributed by atoms with Crippen molar-refractivity contribution in [2.45, 2.75) is 6.54 Å². The zero-order valence-electron chi connectivity index (χ0n) is 13.5. The van der Waals surface area contributed by atoms with Crippen molar-refractivity contribution < 1.29 is 8.91 Å². The highest BCUT2D eigenvalue weighted by Gasteiger charge is 2.17. The van der Waals surface area contributed by atoms with E-state index >= 15 is 0 Å². The van der Waals surface area contributed by atoms with E-state index < -0.39 is 0 Å². The van der Waals surface area contributed by atoms with Gasteiger partial charge in [-0.2, -0.15) is 5.10 Å². The molecule has 0 saturated heterocycles. The molecule has 0 fully saturated rings. The predicted octanol–water partition coefficient (Wildman–Crippen LogP) is 2.35. The minimum absolute atomic E-state index is 0.201. The van der Waals surface area contributed by atoms with Crippen LogP contribution in [0.3, 0.4) is 0 Å². The summed E-state index contributed by atoms with van der Waals surface area (Å²) in [6.45, 7) is 0.201. The van der Waals surface area contributed by atoms with Crippen molar-refractivity contribution in [1.29, 1.82) is 0 Å². The first-order valence-electron chi connectivity index (χ1n) is 7.72. The minimum Gasteiger partial charge on any atom is -0.384 e. The maximum Gasteiger partial charge on any atom is 0.184 e. The average molecular weight is 351 g/mol. The number of halogens is 1. The van der Waals surface area contributed by atoms with Gasteiger partial charge in [0.2, 0.25) is 0 Å². The molecule has 0 amide bonds. The number of aromatic nitrogens is 5. The number of anilines is 2. The molecule has 0 atom stereocenters. The summed E-state index contributed by atoms with van der Waals surface area (Å²) in [6, 6.07) is 11.4. The lowest BCUT2D eigenvalue weighted by molar-refractivity contribution is 0.421. The molecule has 0 radical (unpaired) electrons. The lowest BCUT2D eigenvalue weighted by atomic mass is 10.2. The second kappa shape index (κ2) is 6.28. The maximum absolute atomic E-state index is 14.1. The first-order chi connectivity index (χ1) is 12.6. The van der Waals surface area contributed by atoms with Gasteiger partial charge in [-0.15, -0.1) is 0 Å². The van der Waals surface area contributed by atoms with Gasteiger partial charge >= 0.3 is 0 Å². The Morgan fingerprint density at radius 3 is 2.46 bits per heavy atom. The molecule has 0 unspecified atom stereocenters. The van der Waals surface area contributed by atoms with Gasteiger partial charge in [-0.3, -0.25) is 4.68 Å². The molecule has 130 valence electrons. The SMILES string of the molecule is Nc1cc(N)nc(-c2cc(-c3ccon3)n(Cc3ccccc3F)n2)n1. The zero-order chi connectivity index (χ0) is 18.1. The lowest BCUT2D eigenvalue weighted by Gasteiger charge is -2.06. The highest BCUT2D eigenvalue weighted by molar-refractivity contribution is 5.64. The Morgan fingerprint density at radius 1 is 1.00 bits per heavy atom. The van der Waals surface area contributed by atoms with Crippen LogP contribution in [0.25, 0.3) is 22.9 Å². The highest BCUT2D eigenvalue weighted by Crippen LogP contribution is 2.25. The average Bonchev–Trinajstić information content (AvgIpc) is 3.25. The van der Waals surface area contributed by atoms with Crippen LogP contribution in [0.15, 0.2) is 53.3 Å². The van der Waals surface area contributed by atoms with Crippen molar-refractivity contribution in [3.8, 4) is 22.9 Å². The summed E-state index contributed by atoms with van der Waals surface area (Å²) in [4.78, 5) is 8.32. The van der Waals surface area contributed by atoms with Gasteiger partial charge in [-0.1, -0.05) is 23.4 Å². The van der Waals surface area contributed by atoms with E-state index in [4.69, 9.17) is 16.0 Å². The zero-order valence-corrected chi connectivity index (χ0v) is 13.5. The van der Waals surface area contributed by atoms with Crippen LogP contribution in [0, 0.1) is 5.82 Å². The van der Waals surface area contributed by atoms with Crippen LogP contribution >= 0.6 is 0 Å². The van der Waals surface area contributed by atoms with Gasteiger partial charge in [0.15, 0.2) is 5.82 Å². The molecule has 0 saturated carbocycles. The fourth-order valence-electron chi connectivity index (χ4n) is 2.59. The predicted molar refractivity (Wildman–Crippen MR) is 93.1 cm³/mol. The van der Waals surface area contributed by atoms with Gasteiger partial charge in [0, 0.05) is 17.7 Å². The fraction of sp³-hybridized carbons (Fsp3) is 0.0588. The van der Waals surface area contributed by atoms with E-state index in [0.29, 0.717) is 22.6 Å². The Hall–Kier alpha value is -3.75. The molecule has 3 aromatic heterocycles. The van der Waals surface area contributed by atoms with Crippen LogP contribution in [0.1, 0.15) is 5.56 Å². The van der Waals surface area contributed by atoms with Gasteiger partial charge in [0.25, 0.3) is 0 Å². The van der Waals surface area contributed by atoms with Crippen LogP contribution in [0.2, 0.25) is 0 Å². The van der Waals surface area contributed by atoms with E-state index in [9.17, 15) is 4.39 Å². The van der Waals surface area contributed by atoms with Crippen LogP contribution in [0.4, 0.5) is 16.0 Å². The molecular formula is C17H14FN7O. The van der Waals surface area contributed by atoms with Crippen molar-refractivity contribution in [1.82, 2.24) is 24.9 Å². The normalized spacial score (nSPS) is 11.0. The van der Waals surface area contributed by atoms with E-state index in [-0.39, 0.29) is 29.8 Å². The molecule has 0 spiro atoms. The van der Waals surface area contributed by atoms with Crippen molar-refractivity contribution in [3.63, 3.8) is 0 Å². The van der Waals surface area contributed by atoms with Crippen LogP contribution in [-0.2, 0) is 6.54 Å². The quantitative estimate of drug-likeness (QED) is 0.578. The lowest BCUT2D eigenvalue weighted by Crippen LogP contribution is -2.06. The summed E-state index contributed by atoms with van der Waals surface area (Å²) < 4.78 is 20.6. The first kappa shape index (κ1) is 15.8.